The van der Waals surface area contributed by atoms with Crippen molar-refractivity contribution in [3.8, 4) is 0 Å². The zero-order valence-electron chi connectivity index (χ0n) is 6.76. The maximum absolute atomic E-state index is 8.97. The normalized spacial score (nSPS) is 10.2. The van der Waals surface area contributed by atoms with Crippen LogP contribution in [-0.2, 0) is 13.0 Å². The molecular weight excluding hydrogens is 174 g/mol. The summed E-state index contributed by atoms with van der Waals surface area (Å²) in [5.74, 6) is 0. The second kappa shape index (κ2) is 4.45. The first kappa shape index (κ1) is 9.52. The van der Waals surface area contributed by atoms with Crippen molar-refractivity contribution < 1.29 is 5.11 Å². The van der Waals surface area contributed by atoms with E-state index in [-0.39, 0.29) is 6.61 Å². The minimum Gasteiger partial charge on any atom is -0.392 e. The van der Waals surface area contributed by atoms with E-state index < -0.39 is 0 Å². The number of aliphatic hydroxyl groups is 1. The highest BCUT2D eigenvalue weighted by Crippen LogP contribution is 2.16. The van der Waals surface area contributed by atoms with Crippen molar-refractivity contribution in [3.05, 3.63) is 34.3 Å². The van der Waals surface area contributed by atoms with Crippen LogP contribution in [-0.4, -0.2) is 11.7 Å². The summed E-state index contributed by atoms with van der Waals surface area (Å²) in [6, 6.07) is 5.49. The van der Waals surface area contributed by atoms with Crippen LogP contribution in [0.25, 0.3) is 0 Å². The summed E-state index contributed by atoms with van der Waals surface area (Å²) in [6.45, 7) is 0.616. The van der Waals surface area contributed by atoms with E-state index in [1.54, 1.807) is 6.07 Å². The van der Waals surface area contributed by atoms with Gasteiger partial charge in [-0.1, -0.05) is 17.7 Å². The minimum absolute atomic E-state index is 0.0237. The number of hydrogen-bond donors (Lipinski definition) is 2. The lowest BCUT2D eigenvalue weighted by Crippen LogP contribution is -2.05. The number of halogens is 1. The van der Waals surface area contributed by atoms with Crippen LogP contribution in [0, 0.1) is 0 Å². The molecule has 0 aliphatic heterocycles. The second-order valence-electron chi connectivity index (χ2n) is 2.61. The quantitative estimate of drug-likeness (QED) is 0.747. The van der Waals surface area contributed by atoms with Crippen LogP contribution in [0.2, 0.25) is 5.02 Å². The molecule has 0 bridgehead atoms. The van der Waals surface area contributed by atoms with Gasteiger partial charge < -0.3 is 10.8 Å². The number of rotatable bonds is 3. The third-order valence-corrected chi connectivity index (χ3v) is 1.99. The summed E-state index contributed by atoms with van der Waals surface area (Å²) < 4.78 is 0. The van der Waals surface area contributed by atoms with Crippen molar-refractivity contribution in [2.45, 2.75) is 13.0 Å². The SMILES string of the molecule is NCCc1ccc(Cl)cc1CO. The van der Waals surface area contributed by atoms with Gasteiger partial charge in [-0.25, -0.2) is 0 Å². The van der Waals surface area contributed by atoms with Crippen molar-refractivity contribution in [1.29, 1.82) is 0 Å². The first-order valence-corrected chi connectivity index (χ1v) is 4.24. The molecule has 0 heterocycles. The molecule has 12 heavy (non-hydrogen) atoms. The van der Waals surface area contributed by atoms with Crippen molar-refractivity contribution in [3.63, 3.8) is 0 Å². The third-order valence-electron chi connectivity index (χ3n) is 1.75. The van der Waals surface area contributed by atoms with Crippen molar-refractivity contribution in [1.82, 2.24) is 0 Å². The summed E-state index contributed by atoms with van der Waals surface area (Å²) in [5, 5.41) is 9.62. The van der Waals surface area contributed by atoms with Crippen LogP contribution in [0.15, 0.2) is 18.2 Å². The molecule has 0 fully saturated rings. The Balaban J connectivity index is 2.94. The molecule has 0 aromatic heterocycles. The van der Waals surface area contributed by atoms with Gasteiger partial charge in [-0.15, -0.1) is 0 Å². The Kier molecular flexibility index (Phi) is 3.53. The highest BCUT2D eigenvalue weighted by molar-refractivity contribution is 6.30. The zero-order chi connectivity index (χ0) is 8.97. The molecule has 0 atom stereocenters. The topological polar surface area (TPSA) is 46.2 Å². The second-order valence-corrected chi connectivity index (χ2v) is 3.05. The molecule has 3 heteroatoms. The van der Waals surface area contributed by atoms with Gasteiger partial charge in [0, 0.05) is 5.02 Å². The highest BCUT2D eigenvalue weighted by atomic mass is 35.5. The number of nitrogens with two attached hydrogens (primary N) is 1. The molecule has 0 aliphatic carbocycles. The first-order valence-electron chi connectivity index (χ1n) is 3.86. The molecule has 1 aromatic carbocycles. The van der Waals surface area contributed by atoms with Gasteiger partial charge in [-0.2, -0.15) is 0 Å². The molecule has 1 aromatic rings. The lowest BCUT2D eigenvalue weighted by Gasteiger charge is -2.05. The van der Waals surface area contributed by atoms with Gasteiger partial charge in [-0.05, 0) is 36.2 Å². The van der Waals surface area contributed by atoms with Crippen LogP contribution in [0.1, 0.15) is 11.1 Å². The molecule has 0 spiro atoms. The number of hydrogen-bond acceptors (Lipinski definition) is 2. The van der Waals surface area contributed by atoms with Gasteiger partial charge in [-0.3, -0.25) is 0 Å². The van der Waals surface area contributed by atoms with Crippen molar-refractivity contribution in [2.24, 2.45) is 5.73 Å². The van der Waals surface area contributed by atoms with Crippen LogP contribution >= 0.6 is 11.6 Å². The Morgan fingerprint density at radius 1 is 1.33 bits per heavy atom. The molecule has 0 saturated heterocycles. The van der Waals surface area contributed by atoms with E-state index >= 15 is 0 Å². The highest BCUT2D eigenvalue weighted by Gasteiger charge is 2.00. The van der Waals surface area contributed by atoms with Gasteiger partial charge in [0.1, 0.15) is 0 Å². The van der Waals surface area contributed by atoms with Crippen molar-refractivity contribution >= 4 is 11.6 Å². The Hall–Kier alpha value is -0.570. The average Bonchev–Trinajstić information content (AvgIpc) is 2.08. The molecule has 0 amide bonds. The fourth-order valence-corrected chi connectivity index (χ4v) is 1.34. The molecule has 66 valence electrons. The standard InChI is InChI=1S/C9H12ClNO/c10-9-2-1-7(3-4-11)8(5-9)6-12/h1-2,5,12H,3-4,6,11H2. The van der Waals surface area contributed by atoms with Crippen LogP contribution < -0.4 is 5.73 Å². The summed E-state index contributed by atoms with van der Waals surface area (Å²) >= 11 is 5.75. The Morgan fingerprint density at radius 3 is 2.67 bits per heavy atom. The molecule has 0 aliphatic rings. The zero-order valence-corrected chi connectivity index (χ0v) is 7.51. The Labute approximate surface area is 77.0 Å². The van der Waals surface area contributed by atoms with Gasteiger partial charge in [0.05, 0.1) is 6.61 Å². The van der Waals surface area contributed by atoms with Gasteiger partial charge >= 0.3 is 0 Å². The molecule has 1 rings (SSSR count). The molecule has 0 saturated carbocycles. The largest absolute Gasteiger partial charge is 0.392 e. The molecule has 3 N–H and O–H groups in total. The van der Waals surface area contributed by atoms with E-state index in [0.29, 0.717) is 11.6 Å². The Bertz CT molecular complexity index is 263. The maximum atomic E-state index is 8.97. The summed E-state index contributed by atoms with van der Waals surface area (Å²) in [7, 11) is 0. The molecule has 0 radical (unpaired) electrons. The van der Waals surface area contributed by atoms with Crippen LogP contribution in [0.3, 0.4) is 0 Å². The monoisotopic (exact) mass is 185 g/mol. The number of aliphatic hydroxyl groups excluding tert-OH is 1. The van der Waals surface area contributed by atoms with E-state index in [1.165, 1.54) is 0 Å². The van der Waals surface area contributed by atoms with E-state index in [9.17, 15) is 0 Å². The summed E-state index contributed by atoms with van der Waals surface area (Å²) in [5.41, 5.74) is 7.35. The fraction of sp³-hybridized carbons (Fsp3) is 0.333. The molecule has 2 nitrogen and oxygen atoms in total. The van der Waals surface area contributed by atoms with E-state index in [4.69, 9.17) is 22.4 Å². The molecular formula is C9H12ClNO. The fourth-order valence-electron chi connectivity index (χ4n) is 1.14. The van der Waals surface area contributed by atoms with Gasteiger partial charge in [0.25, 0.3) is 0 Å². The van der Waals surface area contributed by atoms with E-state index in [1.807, 2.05) is 12.1 Å². The third kappa shape index (κ3) is 2.21. The van der Waals surface area contributed by atoms with E-state index in [2.05, 4.69) is 0 Å². The summed E-state index contributed by atoms with van der Waals surface area (Å²) in [6.07, 6.45) is 0.785. The lowest BCUT2D eigenvalue weighted by atomic mass is 10.1. The minimum atomic E-state index is 0.0237. The maximum Gasteiger partial charge on any atom is 0.0685 e. The predicted molar refractivity (Wildman–Crippen MR) is 50.1 cm³/mol. The first-order chi connectivity index (χ1) is 5.77. The van der Waals surface area contributed by atoms with Gasteiger partial charge in [0.15, 0.2) is 0 Å². The lowest BCUT2D eigenvalue weighted by molar-refractivity contribution is 0.280. The van der Waals surface area contributed by atoms with Crippen LogP contribution in [0.5, 0.6) is 0 Å². The van der Waals surface area contributed by atoms with E-state index in [0.717, 1.165) is 17.5 Å². The average molecular weight is 186 g/mol. The Morgan fingerprint density at radius 2 is 2.08 bits per heavy atom. The van der Waals surface area contributed by atoms with Crippen molar-refractivity contribution in [2.75, 3.05) is 6.54 Å². The smallest absolute Gasteiger partial charge is 0.0685 e. The summed E-state index contributed by atoms with van der Waals surface area (Å²) in [4.78, 5) is 0. The molecule has 0 unspecified atom stereocenters. The predicted octanol–water partition coefficient (Wildman–Crippen LogP) is 1.33. The van der Waals surface area contributed by atoms with Crippen LogP contribution in [0.4, 0.5) is 0 Å². The van der Waals surface area contributed by atoms with Gasteiger partial charge in [0.2, 0.25) is 0 Å². The number of benzene rings is 1.